The first kappa shape index (κ1) is 87.7. The van der Waals surface area contributed by atoms with Crippen LogP contribution in [-0.4, -0.2) is 50.4 Å². The molecule has 1 radical (unpaired) electrons. The zero-order chi connectivity index (χ0) is 4.50. The number of hydrogen-bond acceptors (Lipinski definition) is 4. The van der Waals surface area contributed by atoms with Crippen LogP contribution in [-0.2, 0) is 27.5 Å². The quantitative estimate of drug-likeness (QED) is 0.233. The standard InChI is InChI=1S/Mn.H2O4S.6H2O/c;1-5(2,3)4;;;;;;/h;(H2,1,2,3,4);6*1H2/q+2;;;;;;;/p-2. The molecule has 0 fully saturated rings. The molecule has 12 heteroatoms. The van der Waals surface area contributed by atoms with Gasteiger partial charge in [-0.2, -0.15) is 0 Å². The molecule has 85 valence electrons. The van der Waals surface area contributed by atoms with Gasteiger partial charge in [-0.25, -0.2) is 0 Å². The van der Waals surface area contributed by atoms with Crippen LogP contribution >= 0.6 is 0 Å². The first-order chi connectivity index (χ1) is 2.00. The fourth-order valence-corrected chi connectivity index (χ4v) is 0. The van der Waals surface area contributed by atoms with Crippen LogP contribution in [0.2, 0.25) is 0 Å². The van der Waals surface area contributed by atoms with E-state index in [2.05, 4.69) is 0 Å². The molecule has 0 aliphatic carbocycles. The van der Waals surface area contributed by atoms with E-state index >= 15 is 0 Å². The van der Waals surface area contributed by atoms with Gasteiger partial charge in [0.25, 0.3) is 0 Å². The Bertz CT molecular complexity index is 93.0. The Balaban J connectivity index is -0.00000000381. The summed E-state index contributed by atoms with van der Waals surface area (Å²) in [6.07, 6.45) is 0. The molecule has 0 spiro atoms. The van der Waals surface area contributed by atoms with Gasteiger partial charge in [-0.3, -0.25) is 8.42 Å². The molecule has 0 aliphatic heterocycles. The minimum atomic E-state index is -5.17. The molecule has 0 aromatic rings. The SMILES string of the molecule is O.O.O.O.O.O.O=S(=O)([O-])[O-].[Mn+2]. The van der Waals surface area contributed by atoms with Crippen LogP contribution in [0.3, 0.4) is 0 Å². The second kappa shape index (κ2) is 30.4. The van der Waals surface area contributed by atoms with Crippen LogP contribution in [0.1, 0.15) is 0 Å². The molecular weight excluding hydrogens is 247 g/mol. The third-order valence-electron chi connectivity index (χ3n) is 0. The van der Waals surface area contributed by atoms with E-state index in [0.717, 1.165) is 0 Å². The Morgan fingerprint density at radius 3 is 0.667 bits per heavy atom. The van der Waals surface area contributed by atoms with Crippen LogP contribution in [0.5, 0.6) is 0 Å². The predicted octanol–water partition coefficient (Wildman–Crippen LogP) is -6.29. The topological polar surface area (TPSA) is 269 Å². The van der Waals surface area contributed by atoms with Crippen molar-refractivity contribution < 1.29 is 67.4 Å². The summed E-state index contributed by atoms with van der Waals surface area (Å²) in [6, 6.07) is 0. The molecule has 0 aromatic carbocycles. The molecule has 0 amide bonds. The largest absolute Gasteiger partial charge is 2.00 e. The molecule has 0 aromatic heterocycles. The van der Waals surface area contributed by atoms with Gasteiger partial charge in [-0.05, 0) is 0 Å². The maximum absolute atomic E-state index is 8.52. The summed E-state index contributed by atoms with van der Waals surface area (Å²) >= 11 is 0. The first-order valence-corrected chi connectivity index (χ1v) is 2.00. The molecule has 0 rings (SSSR count). The van der Waals surface area contributed by atoms with Gasteiger partial charge in [0.05, 0.1) is 0 Å². The number of rotatable bonds is 0. The predicted molar refractivity (Wildman–Crippen MR) is 32.2 cm³/mol. The van der Waals surface area contributed by atoms with Gasteiger partial charge < -0.3 is 42.0 Å². The Hall–Kier alpha value is 0.149. The van der Waals surface area contributed by atoms with Gasteiger partial charge in [-0.15, -0.1) is 0 Å². The second-order valence-electron chi connectivity index (χ2n) is 0.408. The van der Waals surface area contributed by atoms with Crippen molar-refractivity contribution in [1.82, 2.24) is 0 Å². The van der Waals surface area contributed by atoms with Gasteiger partial charge in [0, 0.05) is 10.4 Å². The molecule has 0 unspecified atom stereocenters. The van der Waals surface area contributed by atoms with Crippen LogP contribution in [0.15, 0.2) is 0 Å². The fourth-order valence-electron chi connectivity index (χ4n) is 0. The minimum Gasteiger partial charge on any atom is -0.759 e. The molecule has 0 bridgehead atoms. The van der Waals surface area contributed by atoms with E-state index in [1.807, 2.05) is 0 Å². The summed E-state index contributed by atoms with van der Waals surface area (Å²) < 4.78 is 34.1. The van der Waals surface area contributed by atoms with Crippen LogP contribution in [0.4, 0.5) is 0 Å². The van der Waals surface area contributed by atoms with Crippen LogP contribution in [0.25, 0.3) is 0 Å². The maximum Gasteiger partial charge on any atom is 2.00 e. The monoisotopic (exact) mass is 259 g/mol. The van der Waals surface area contributed by atoms with Crippen molar-refractivity contribution in [2.75, 3.05) is 0 Å². The van der Waals surface area contributed by atoms with Crippen molar-refractivity contribution in [2.45, 2.75) is 0 Å². The average molecular weight is 259 g/mol. The van der Waals surface area contributed by atoms with E-state index in [9.17, 15) is 0 Å². The van der Waals surface area contributed by atoms with E-state index in [1.165, 1.54) is 0 Å². The van der Waals surface area contributed by atoms with Gasteiger partial charge in [-0.1, -0.05) is 0 Å². The van der Waals surface area contributed by atoms with E-state index in [-0.39, 0.29) is 49.9 Å². The Morgan fingerprint density at radius 2 is 0.667 bits per heavy atom. The van der Waals surface area contributed by atoms with Crippen molar-refractivity contribution >= 4 is 10.4 Å². The third-order valence-corrected chi connectivity index (χ3v) is 0. The molecule has 0 saturated heterocycles. The molecule has 0 heterocycles. The summed E-state index contributed by atoms with van der Waals surface area (Å²) in [6.45, 7) is 0. The van der Waals surface area contributed by atoms with Crippen molar-refractivity contribution in [2.24, 2.45) is 0 Å². The van der Waals surface area contributed by atoms with Crippen molar-refractivity contribution in [1.29, 1.82) is 0 Å². The third kappa shape index (κ3) is 38000. The molecular formula is H12MnO10S. The zero-order valence-corrected chi connectivity index (χ0v) is 7.42. The van der Waals surface area contributed by atoms with E-state index in [0.29, 0.717) is 0 Å². The van der Waals surface area contributed by atoms with Gasteiger partial charge in [0.2, 0.25) is 0 Å². The summed E-state index contributed by atoms with van der Waals surface area (Å²) in [5, 5.41) is 0. The van der Waals surface area contributed by atoms with E-state index in [4.69, 9.17) is 17.5 Å². The average Bonchev–Trinajstić information content (AvgIpc) is 0.722. The molecule has 10 nitrogen and oxygen atoms in total. The molecule has 0 atom stereocenters. The van der Waals surface area contributed by atoms with Gasteiger partial charge in [0.15, 0.2) is 0 Å². The van der Waals surface area contributed by atoms with Crippen molar-refractivity contribution in [3.05, 3.63) is 0 Å². The molecule has 12 heavy (non-hydrogen) atoms. The Labute approximate surface area is 78.5 Å². The molecule has 0 aliphatic rings. The summed E-state index contributed by atoms with van der Waals surface area (Å²) in [7, 11) is -5.17. The zero-order valence-electron chi connectivity index (χ0n) is 5.42. The number of hydrogen-bond donors (Lipinski definition) is 0. The Kier molecular flexibility index (Phi) is 222. The summed E-state index contributed by atoms with van der Waals surface area (Å²) in [5.41, 5.74) is 0. The normalized spacial score (nSPS) is 4.83. The van der Waals surface area contributed by atoms with E-state index < -0.39 is 10.4 Å². The smallest absolute Gasteiger partial charge is 0.759 e. The molecule has 12 N–H and O–H groups in total. The van der Waals surface area contributed by atoms with Crippen molar-refractivity contribution in [3.8, 4) is 0 Å². The van der Waals surface area contributed by atoms with Crippen LogP contribution < -0.4 is 0 Å². The molecule has 0 saturated carbocycles. The fraction of sp³-hybridized carbons (Fsp3) is 0. The Morgan fingerprint density at radius 1 is 0.667 bits per heavy atom. The van der Waals surface area contributed by atoms with Crippen molar-refractivity contribution in [3.63, 3.8) is 0 Å². The summed E-state index contributed by atoms with van der Waals surface area (Å²) in [5.74, 6) is 0. The van der Waals surface area contributed by atoms with Gasteiger partial charge >= 0.3 is 17.1 Å². The van der Waals surface area contributed by atoms with Gasteiger partial charge in [0.1, 0.15) is 0 Å². The second-order valence-corrected chi connectivity index (χ2v) is 1.22. The summed E-state index contributed by atoms with van der Waals surface area (Å²) in [4.78, 5) is 0. The minimum absolute atomic E-state index is 0. The first-order valence-electron chi connectivity index (χ1n) is 0.667. The maximum atomic E-state index is 8.52. The van der Waals surface area contributed by atoms with E-state index in [1.54, 1.807) is 0 Å². The van der Waals surface area contributed by atoms with Crippen LogP contribution in [0, 0.1) is 0 Å².